The minimum absolute atomic E-state index is 0.222. The second-order valence-corrected chi connectivity index (χ2v) is 3.92. The van der Waals surface area contributed by atoms with Crippen LogP contribution < -0.4 is 5.32 Å². The zero-order chi connectivity index (χ0) is 11.8. The van der Waals surface area contributed by atoms with E-state index in [1.165, 1.54) is 0 Å². The fraction of sp³-hybridized carbons (Fsp3) is 0.417. The Morgan fingerprint density at radius 3 is 2.56 bits per heavy atom. The molecule has 0 radical (unpaired) electrons. The van der Waals surface area contributed by atoms with Crippen molar-refractivity contribution < 1.29 is 9.47 Å². The van der Waals surface area contributed by atoms with Gasteiger partial charge in [0, 0.05) is 5.69 Å². The predicted molar refractivity (Wildman–Crippen MR) is 69.7 cm³/mol. The van der Waals surface area contributed by atoms with Crippen molar-refractivity contribution in [1.29, 1.82) is 0 Å². The van der Waals surface area contributed by atoms with Gasteiger partial charge in [0.05, 0.1) is 12.7 Å². The van der Waals surface area contributed by atoms with Crippen LogP contribution in [0, 0.1) is 0 Å². The fourth-order valence-corrected chi connectivity index (χ4v) is 1.29. The summed E-state index contributed by atoms with van der Waals surface area (Å²) in [5.74, 6) is 0. The molecular formula is C12H17NO2S. The quantitative estimate of drug-likeness (QED) is 0.632. The fourth-order valence-electron chi connectivity index (χ4n) is 1.09. The van der Waals surface area contributed by atoms with Crippen LogP contribution in [0.2, 0.25) is 0 Å². The van der Waals surface area contributed by atoms with E-state index in [4.69, 9.17) is 21.7 Å². The van der Waals surface area contributed by atoms with E-state index in [1.54, 1.807) is 0 Å². The Morgan fingerprint density at radius 2 is 1.94 bits per heavy atom. The van der Waals surface area contributed by atoms with E-state index in [1.807, 2.05) is 44.2 Å². The molecule has 3 nitrogen and oxygen atoms in total. The standard InChI is InChI=1S/C12H17NO2S/c1-10(2)14-8-9-15-12(16)13-11-6-4-3-5-7-11/h3-7,10H,8-9H2,1-2H3,(H,13,16). The number of thiocarbonyl (C=S) groups is 1. The van der Waals surface area contributed by atoms with E-state index in [0.29, 0.717) is 18.4 Å². The van der Waals surface area contributed by atoms with Gasteiger partial charge in [-0.2, -0.15) is 0 Å². The predicted octanol–water partition coefficient (Wildman–Crippen LogP) is 2.83. The van der Waals surface area contributed by atoms with Gasteiger partial charge in [0.2, 0.25) is 0 Å². The summed E-state index contributed by atoms with van der Waals surface area (Å²) in [5.41, 5.74) is 0.928. The van der Waals surface area contributed by atoms with Crippen LogP contribution in [-0.4, -0.2) is 24.5 Å². The Hall–Kier alpha value is -1.13. The highest BCUT2D eigenvalue weighted by Crippen LogP contribution is 2.05. The van der Waals surface area contributed by atoms with Gasteiger partial charge in [-0.05, 0) is 38.2 Å². The number of hydrogen-bond donors (Lipinski definition) is 1. The Morgan fingerprint density at radius 1 is 1.25 bits per heavy atom. The van der Waals surface area contributed by atoms with Crippen molar-refractivity contribution in [3.05, 3.63) is 30.3 Å². The molecule has 1 aromatic carbocycles. The summed E-state index contributed by atoms with van der Waals surface area (Å²) in [6.07, 6.45) is 0.222. The lowest BCUT2D eigenvalue weighted by Crippen LogP contribution is -2.17. The van der Waals surface area contributed by atoms with Gasteiger partial charge in [0.1, 0.15) is 6.61 Å². The van der Waals surface area contributed by atoms with Crippen LogP contribution in [0.5, 0.6) is 0 Å². The maximum atomic E-state index is 5.33. The molecule has 1 N–H and O–H groups in total. The molecule has 0 spiro atoms. The highest BCUT2D eigenvalue weighted by molar-refractivity contribution is 7.80. The first kappa shape index (κ1) is 12.9. The van der Waals surface area contributed by atoms with Crippen molar-refractivity contribution in [3.63, 3.8) is 0 Å². The van der Waals surface area contributed by atoms with Crippen molar-refractivity contribution in [2.24, 2.45) is 0 Å². The lowest BCUT2D eigenvalue weighted by atomic mass is 10.3. The maximum absolute atomic E-state index is 5.33. The molecule has 0 aromatic heterocycles. The molecule has 0 amide bonds. The second-order valence-electron chi connectivity index (χ2n) is 3.55. The SMILES string of the molecule is CC(C)OCCOC(=S)Nc1ccccc1. The van der Waals surface area contributed by atoms with Crippen molar-refractivity contribution in [2.75, 3.05) is 18.5 Å². The molecule has 0 aliphatic heterocycles. The van der Waals surface area contributed by atoms with E-state index in [-0.39, 0.29) is 6.10 Å². The first-order chi connectivity index (χ1) is 7.68. The van der Waals surface area contributed by atoms with Crippen molar-refractivity contribution in [3.8, 4) is 0 Å². The van der Waals surface area contributed by atoms with Crippen LogP contribution in [0.15, 0.2) is 30.3 Å². The van der Waals surface area contributed by atoms with E-state index in [0.717, 1.165) is 5.69 Å². The molecule has 0 bridgehead atoms. The normalized spacial score (nSPS) is 10.2. The molecule has 1 rings (SSSR count). The zero-order valence-electron chi connectivity index (χ0n) is 9.60. The smallest absolute Gasteiger partial charge is 0.261 e. The molecule has 16 heavy (non-hydrogen) atoms. The summed E-state index contributed by atoms with van der Waals surface area (Å²) in [6, 6.07) is 9.69. The first-order valence-corrected chi connectivity index (χ1v) is 5.69. The first-order valence-electron chi connectivity index (χ1n) is 5.29. The number of para-hydroxylation sites is 1. The maximum Gasteiger partial charge on any atom is 0.261 e. The minimum atomic E-state index is 0.222. The van der Waals surface area contributed by atoms with E-state index >= 15 is 0 Å². The molecule has 0 saturated heterocycles. The molecule has 0 aliphatic carbocycles. The highest BCUT2D eigenvalue weighted by Gasteiger charge is 1.98. The monoisotopic (exact) mass is 239 g/mol. The summed E-state index contributed by atoms with van der Waals surface area (Å²) in [5, 5.41) is 3.36. The van der Waals surface area contributed by atoms with Gasteiger partial charge < -0.3 is 14.8 Å². The van der Waals surface area contributed by atoms with Crippen molar-refractivity contribution in [1.82, 2.24) is 0 Å². The summed E-state index contributed by atoms with van der Waals surface area (Å²) in [7, 11) is 0. The largest absolute Gasteiger partial charge is 0.468 e. The van der Waals surface area contributed by atoms with Gasteiger partial charge in [0.15, 0.2) is 0 Å². The molecule has 0 heterocycles. The summed E-state index contributed by atoms with van der Waals surface area (Å²) in [6.45, 7) is 4.99. The number of rotatable bonds is 5. The molecule has 0 unspecified atom stereocenters. The van der Waals surface area contributed by atoms with Gasteiger partial charge in [-0.1, -0.05) is 18.2 Å². The van der Waals surface area contributed by atoms with Gasteiger partial charge in [-0.3, -0.25) is 0 Å². The minimum Gasteiger partial charge on any atom is -0.468 e. The third kappa shape index (κ3) is 5.68. The van der Waals surface area contributed by atoms with Crippen molar-refractivity contribution >= 4 is 23.1 Å². The number of nitrogens with one attached hydrogen (secondary N) is 1. The van der Waals surface area contributed by atoms with Crippen LogP contribution in [0.3, 0.4) is 0 Å². The summed E-state index contributed by atoms with van der Waals surface area (Å²) in [4.78, 5) is 0. The molecule has 0 atom stereocenters. The average molecular weight is 239 g/mol. The lowest BCUT2D eigenvalue weighted by molar-refractivity contribution is 0.0534. The molecule has 4 heteroatoms. The molecule has 0 fully saturated rings. The highest BCUT2D eigenvalue weighted by atomic mass is 32.1. The molecular weight excluding hydrogens is 222 g/mol. The molecule has 88 valence electrons. The van der Waals surface area contributed by atoms with E-state index in [2.05, 4.69) is 5.32 Å². The van der Waals surface area contributed by atoms with E-state index < -0.39 is 0 Å². The topological polar surface area (TPSA) is 30.5 Å². The number of benzene rings is 1. The molecule has 1 aromatic rings. The number of hydrogen-bond acceptors (Lipinski definition) is 3. The van der Waals surface area contributed by atoms with E-state index in [9.17, 15) is 0 Å². The zero-order valence-corrected chi connectivity index (χ0v) is 10.4. The Balaban J connectivity index is 2.17. The third-order valence-electron chi connectivity index (χ3n) is 1.79. The number of anilines is 1. The summed E-state index contributed by atoms with van der Waals surface area (Å²) >= 11 is 5.03. The van der Waals surface area contributed by atoms with Crippen LogP contribution in [0.4, 0.5) is 5.69 Å². The van der Waals surface area contributed by atoms with Gasteiger partial charge >= 0.3 is 0 Å². The number of ether oxygens (including phenoxy) is 2. The summed E-state index contributed by atoms with van der Waals surface area (Å²) < 4.78 is 10.6. The Kier molecular flexibility index (Phi) is 5.82. The Labute approximate surface area is 102 Å². The average Bonchev–Trinajstić information content (AvgIpc) is 2.25. The van der Waals surface area contributed by atoms with Gasteiger partial charge in [-0.25, -0.2) is 0 Å². The van der Waals surface area contributed by atoms with Crippen LogP contribution >= 0.6 is 12.2 Å². The van der Waals surface area contributed by atoms with Crippen molar-refractivity contribution in [2.45, 2.75) is 20.0 Å². The van der Waals surface area contributed by atoms with Gasteiger partial charge in [-0.15, -0.1) is 0 Å². The van der Waals surface area contributed by atoms with Gasteiger partial charge in [0.25, 0.3) is 5.17 Å². The molecule has 0 aliphatic rings. The van der Waals surface area contributed by atoms with Crippen LogP contribution in [-0.2, 0) is 9.47 Å². The lowest BCUT2D eigenvalue weighted by Gasteiger charge is -2.11. The van der Waals surface area contributed by atoms with Crippen LogP contribution in [0.1, 0.15) is 13.8 Å². The van der Waals surface area contributed by atoms with Crippen LogP contribution in [0.25, 0.3) is 0 Å². The second kappa shape index (κ2) is 7.19. The molecule has 0 saturated carbocycles. The third-order valence-corrected chi connectivity index (χ3v) is 2.01. The Bertz CT molecular complexity index is 314.